The van der Waals surface area contributed by atoms with Crippen LogP contribution in [0.1, 0.15) is 34.5 Å². The monoisotopic (exact) mass is 563 g/mol. The number of hydrogen-bond acceptors (Lipinski definition) is 4. The molecule has 1 aromatic carbocycles. The van der Waals surface area contributed by atoms with Crippen molar-refractivity contribution in [2.45, 2.75) is 31.5 Å². The van der Waals surface area contributed by atoms with Gasteiger partial charge in [0.15, 0.2) is 0 Å². The molecular weight excluding hydrogens is 543 g/mol. The zero-order valence-corrected chi connectivity index (χ0v) is 20.8. The number of likely N-dealkylation sites (tertiary alicyclic amines) is 1. The molecule has 0 saturated carbocycles. The van der Waals surface area contributed by atoms with Crippen molar-refractivity contribution in [1.29, 1.82) is 0 Å². The van der Waals surface area contributed by atoms with Crippen molar-refractivity contribution in [1.82, 2.24) is 14.7 Å². The van der Waals surface area contributed by atoms with Gasteiger partial charge in [0.1, 0.15) is 36.6 Å². The van der Waals surface area contributed by atoms with Crippen LogP contribution in [-0.2, 0) is 16.1 Å². The molecule has 2 aromatic heterocycles. The zero-order valence-electron chi connectivity index (χ0n) is 19.3. The highest BCUT2D eigenvalue weighted by molar-refractivity contribution is 6.42. The molecule has 1 saturated heterocycles. The second-order valence-electron chi connectivity index (χ2n) is 8.97. The second-order valence-corrected chi connectivity index (χ2v) is 9.74. The van der Waals surface area contributed by atoms with E-state index in [9.17, 15) is 31.9 Å². The van der Waals surface area contributed by atoms with Crippen molar-refractivity contribution >= 4 is 40.6 Å². The highest BCUT2D eigenvalue weighted by atomic mass is 35.5. The van der Waals surface area contributed by atoms with E-state index in [1.54, 1.807) is 0 Å². The van der Waals surface area contributed by atoms with E-state index in [0.29, 0.717) is 11.3 Å². The minimum absolute atomic E-state index is 0.0394. The van der Waals surface area contributed by atoms with E-state index >= 15 is 0 Å². The predicted octanol–water partition coefficient (Wildman–Crippen LogP) is 4.02. The van der Waals surface area contributed by atoms with Gasteiger partial charge in [-0.1, -0.05) is 29.3 Å². The van der Waals surface area contributed by atoms with Crippen LogP contribution in [0.2, 0.25) is 10.2 Å². The number of piperidine rings is 1. The molecule has 0 atom stereocenters. The molecule has 3 heterocycles. The molecule has 4 rings (SSSR count). The number of alkyl halides is 3. The lowest BCUT2D eigenvalue weighted by Crippen LogP contribution is -2.56. The van der Waals surface area contributed by atoms with E-state index in [1.807, 2.05) is 0 Å². The first kappa shape index (κ1) is 27.0. The zero-order chi connectivity index (χ0) is 27.1. The maximum absolute atomic E-state index is 14.5. The minimum atomic E-state index is -5.10. The Kier molecular flexibility index (Phi) is 7.28. The van der Waals surface area contributed by atoms with Gasteiger partial charge in [0.2, 0.25) is 0 Å². The number of hydroxylamine groups is 3. The molecule has 0 bridgehead atoms. The topological polar surface area (TPSA) is 92.7 Å². The Morgan fingerprint density at radius 2 is 1.89 bits per heavy atom. The van der Waals surface area contributed by atoms with Crippen LogP contribution >= 0.6 is 23.2 Å². The fraction of sp³-hybridized carbons (Fsp3) is 0.348. The summed E-state index contributed by atoms with van der Waals surface area (Å²) in [6.45, 7) is 0.0787. The molecule has 0 spiro atoms. The molecule has 0 aliphatic carbocycles. The molecule has 1 aliphatic rings. The van der Waals surface area contributed by atoms with Crippen molar-refractivity contribution in [2.75, 3.05) is 20.1 Å². The number of nitrogens with one attached hydrogen (secondary N) is 2. The van der Waals surface area contributed by atoms with Gasteiger partial charge >= 0.3 is 12.1 Å². The molecule has 1 amide bonds. The summed E-state index contributed by atoms with van der Waals surface area (Å²) in [5, 5.41) is 3.02. The number of quaternary nitrogens is 1. The molecule has 8 nitrogen and oxygen atoms in total. The number of carbonyl (C=O) groups excluding carboxylic acids is 2. The number of aromatic nitrogens is 2. The number of aromatic amines is 1. The Hall–Kier alpha value is -3.09. The van der Waals surface area contributed by atoms with E-state index in [2.05, 4.69) is 15.1 Å². The normalized spacial score (nSPS) is 20.1. The maximum Gasteiger partial charge on any atom is 0.497 e. The van der Waals surface area contributed by atoms with Gasteiger partial charge in [-0.15, -0.1) is 4.65 Å². The van der Waals surface area contributed by atoms with Gasteiger partial charge in [-0.3, -0.25) is 18.8 Å². The molecule has 37 heavy (non-hydrogen) atoms. The van der Waals surface area contributed by atoms with Crippen molar-refractivity contribution < 1.29 is 36.6 Å². The van der Waals surface area contributed by atoms with Crippen molar-refractivity contribution in [3.05, 3.63) is 73.6 Å². The van der Waals surface area contributed by atoms with Gasteiger partial charge in [-0.05, 0) is 23.8 Å². The van der Waals surface area contributed by atoms with Gasteiger partial charge in [-0.25, -0.2) is 9.18 Å². The lowest BCUT2D eigenvalue weighted by molar-refractivity contribution is -1.08. The number of amides is 1. The van der Waals surface area contributed by atoms with Crippen LogP contribution in [0.4, 0.5) is 17.6 Å². The molecule has 0 unspecified atom stereocenters. The summed E-state index contributed by atoms with van der Waals surface area (Å²) in [4.78, 5) is 43.3. The summed E-state index contributed by atoms with van der Waals surface area (Å²) in [6.07, 6.45) is -3.03. The summed E-state index contributed by atoms with van der Waals surface area (Å²) in [6, 6.07) is 4.97. The smallest absolute Gasteiger partial charge is 0.349 e. The van der Waals surface area contributed by atoms with Gasteiger partial charge < -0.3 is 10.3 Å². The number of H-pyrrole nitrogens is 1. The quantitative estimate of drug-likeness (QED) is 0.362. The summed E-state index contributed by atoms with van der Waals surface area (Å²) in [7, 11) is 1.35. The number of hydrogen-bond donors (Lipinski definition) is 2. The van der Waals surface area contributed by atoms with Gasteiger partial charge in [-0.2, -0.15) is 13.2 Å². The molecule has 198 valence electrons. The van der Waals surface area contributed by atoms with E-state index in [1.165, 1.54) is 35.8 Å². The van der Waals surface area contributed by atoms with Crippen LogP contribution in [0.15, 0.2) is 35.3 Å². The van der Waals surface area contributed by atoms with Crippen molar-refractivity contribution in [2.24, 2.45) is 0 Å². The molecule has 14 heteroatoms. The van der Waals surface area contributed by atoms with Crippen LogP contribution in [-0.4, -0.2) is 58.3 Å². The number of carbonyl (C=O) groups is 2. The Balaban J connectivity index is 1.46. The van der Waals surface area contributed by atoms with E-state index in [-0.39, 0.29) is 53.6 Å². The molecule has 1 fully saturated rings. The largest absolute Gasteiger partial charge is 0.497 e. The third-order valence-corrected chi connectivity index (χ3v) is 6.98. The first-order valence-electron chi connectivity index (χ1n) is 11.1. The van der Waals surface area contributed by atoms with Crippen LogP contribution in [0.5, 0.6) is 0 Å². The molecule has 3 aromatic rings. The number of halogens is 6. The Labute approximate surface area is 217 Å². The van der Waals surface area contributed by atoms with Crippen LogP contribution in [0, 0.1) is 5.82 Å². The lowest BCUT2D eigenvalue weighted by atomic mass is 10.0. The molecule has 0 radical (unpaired) electrons. The average molecular weight is 564 g/mol. The summed E-state index contributed by atoms with van der Waals surface area (Å²) < 4.78 is 53.0. The molecule has 1 aliphatic heterocycles. The molecular formula is C23H21Cl2F4N4O4+. The van der Waals surface area contributed by atoms with Crippen molar-refractivity contribution in [3.8, 4) is 0 Å². The first-order valence-corrected chi connectivity index (χ1v) is 11.8. The first-order chi connectivity index (χ1) is 17.3. The average Bonchev–Trinajstić information content (AvgIpc) is 3.13. The Morgan fingerprint density at radius 1 is 1.22 bits per heavy atom. The summed E-state index contributed by atoms with van der Waals surface area (Å²) in [5.74, 6) is -3.73. The second kappa shape index (κ2) is 9.99. The van der Waals surface area contributed by atoms with E-state index in [0.717, 1.165) is 6.07 Å². The van der Waals surface area contributed by atoms with Gasteiger partial charge in [0.05, 0.1) is 10.6 Å². The fourth-order valence-electron chi connectivity index (χ4n) is 4.25. The highest BCUT2D eigenvalue weighted by Gasteiger charge is 2.47. The van der Waals surface area contributed by atoms with Gasteiger partial charge in [0, 0.05) is 37.2 Å². The molecule has 2 N–H and O–H groups in total. The Morgan fingerprint density at radius 3 is 2.54 bits per heavy atom. The fourth-order valence-corrected chi connectivity index (χ4v) is 4.69. The Bertz CT molecular complexity index is 1430. The predicted molar refractivity (Wildman–Crippen MR) is 126 cm³/mol. The van der Waals surface area contributed by atoms with Gasteiger partial charge in [0.25, 0.3) is 11.5 Å². The van der Waals surface area contributed by atoms with Crippen LogP contribution < -0.4 is 10.9 Å². The standard InChI is InChI=1S/C23H20Cl2F4N4O4/c1-33(37-22(36)23(27,28)29)6-4-13(5-7-33)31-20(34)15-9-12(2-3-17(15)26)8-14-11-30-21(35)18-10-16(24)19(25)32(14)18/h2-3,9-11,13H,4-8H2,1H3,(H-,30,31,34,35)/p+1. The maximum atomic E-state index is 14.5. The SMILES string of the molecule is C[N+]1(OC(=O)C(F)(F)F)CCC(NC(=O)c2cc(Cc3c[nH]c(=O)c4cc(Cl)c(Cl)n34)ccc2F)CC1. The third kappa shape index (κ3) is 5.76. The lowest BCUT2D eigenvalue weighted by Gasteiger charge is -2.37. The number of benzene rings is 1. The highest BCUT2D eigenvalue weighted by Crippen LogP contribution is 2.27. The van der Waals surface area contributed by atoms with E-state index < -0.39 is 40.1 Å². The third-order valence-electron chi connectivity index (χ3n) is 6.22. The van der Waals surface area contributed by atoms with Crippen LogP contribution in [0.3, 0.4) is 0 Å². The number of rotatable bonds is 5. The van der Waals surface area contributed by atoms with Crippen molar-refractivity contribution in [3.63, 3.8) is 0 Å². The van der Waals surface area contributed by atoms with Crippen LogP contribution in [0.25, 0.3) is 5.52 Å². The summed E-state index contributed by atoms with van der Waals surface area (Å²) >= 11 is 12.3. The number of fused-ring (bicyclic) bond motifs is 1. The van der Waals surface area contributed by atoms with E-state index in [4.69, 9.17) is 23.2 Å². The minimum Gasteiger partial charge on any atom is -0.349 e. The summed E-state index contributed by atoms with van der Waals surface area (Å²) in [5.41, 5.74) is 0.708. The number of nitrogens with zero attached hydrogens (tertiary/aromatic N) is 2.